The molecular weight excluding hydrogens is 486 g/mol. The van der Waals surface area contributed by atoms with Crippen LogP contribution in [0.3, 0.4) is 0 Å². The van der Waals surface area contributed by atoms with Gasteiger partial charge in [-0.1, -0.05) is 104 Å². The highest BCUT2D eigenvalue weighted by molar-refractivity contribution is 8.18. The first kappa shape index (κ1) is 23.8. The summed E-state index contributed by atoms with van der Waals surface area (Å²) in [6, 6.07) is 40.2. The van der Waals surface area contributed by atoms with E-state index in [0.717, 1.165) is 40.4 Å². The van der Waals surface area contributed by atoms with Crippen LogP contribution >= 0.6 is 13.5 Å². The van der Waals surface area contributed by atoms with E-state index in [1.165, 1.54) is 0 Å². The maximum Gasteiger partial charge on any atom is 0.149 e. The van der Waals surface area contributed by atoms with Gasteiger partial charge in [0.15, 0.2) is 0 Å². The summed E-state index contributed by atoms with van der Waals surface area (Å²) in [4.78, 5) is 0. The molecule has 4 aromatic rings. The van der Waals surface area contributed by atoms with E-state index in [-0.39, 0.29) is 0 Å². The molecule has 0 aliphatic carbocycles. The van der Waals surface area contributed by atoms with Gasteiger partial charge in [0.25, 0.3) is 0 Å². The summed E-state index contributed by atoms with van der Waals surface area (Å²) in [6.45, 7) is 6.19. The number of benzene rings is 4. The quantitative estimate of drug-likeness (QED) is 0.252. The van der Waals surface area contributed by atoms with E-state index in [1.54, 1.807) is 0 Å². The Morgan fingerprint density at radius 2 is 1.03 bits per heavy atom. The predicted molar refractivity (Wildman–Crippen MR) is 156 cm³/mol. The molecule has 0 N–H and O–H groups in total. The van der Waals surface area contributed by atoms with Gasteiger partial charge in [-0.3, -0.25) is 0 Å². The first-order valence-corrected chi connectivity index (χ1v) is 16.3. The summed E-state index contributed by atoms with van der Waals surface area (Å²) in [5, 5.41) is 2.55. The lowest BCUT2D eigenvalue weighted by molar-refractivity contribution is 0.588. The number of para-hydroxylation sites is 2. The molecule has 0 atom stereocenters. The van der Waals surface area contributed by atoms with Gasteiger partial charge in [0.05, 0.1) is 0 Å². The number of hydrogen-bond acceptors (Lipinski definition) is 2. The van der Waals surface area contributed by atoms with Crippen molar-refractivity contribution in [3.63, 3.8) is 0 Å². The zero-order valence-corrected chi connectivity index (χ0v) is 22.1. The fourth-order valence-electron chi connectivity index (χ4n) is 4.72. The SMILES string of the molecule is C=C(CP(=O)(c1ccccc1)c1ccccc1)P1(=S)N(c2ccccc2)CCN1c1ccccc1. The Labute approximate surface area is 213 Å². The van der Waals surface area contributed by atoms with E-state index in [2.05, 4.69) is 40.2 Å². The zero-order valence-electron chi connectivity index (χ0n) is 19.5. The van der Waals surface area contributed by atoms with Gasteiger partial charge < -0.3 is 13.9 Å². The minimum Gasteiger partial charge on any atom is -0.323 e. The molecule has 1 aliphatic heterocycles. The summed E-state index contributed by atoms with van der Waals surface area (Å²) in [5.74, 6) is 0. The zero-order chi connectivity index (χ0) is 24.3. The van der Waals surface area contributed by atoms with Crippen LogP contribution in [0, 0.1) is 0 Å². The lowest BCUT2D eigenvalue weighted by Crippen LogP contribution is -2.24. The average molecular weight is 515 g/mol. The number of hydrogen-bond donors (Lipinski definition) is 0. The van der Waals surface area contributed by atoms with Crippen LogP contribution in [0.15, 0.2) is 133 Å². The van der Waals surface area contributed by atoms with Gasteiger partial charge in [-0.05, 0) is 36.1 Å². The minimum absolute atomic E-state index is 0.338. The Balaban J connectivity index is 1.62. The second kappa shape index (κ2) is 9.99. The molecule has 1 saturated heterocycles. The van der Waals surface area contributed by atoms with Gasteiger partial charge in [-0.2, -0.15) is 0 Å². The average Bonchev–Trinajstić information content (AvgIpc) is 3.29. The first-order chi connectivity index (χ1) is 17.0. The highest BCUT2D eigenvalue weighted by Crippen LogP contribution is 2.67. The molecule has 0 amide bonds. The minimum atomic E-state index is -3.00. The fraction of sp³-hybridized carbons (Fsp3) is 0.103. The van der Waals surface area contributed by atoms with E-state index in [9.17, 15) is 4.57 Å². The molecule has 0 radical (unpaired) electrons. The molecule has 0 spiro atoms. The number of nitrogens with zero attached hydrogens (tertiary/aromatic N) is 2. The largest absolute Gasteiger partial charge is 0.323 e. The molecule has 5 rings (SSSR count). The Morgan fingerprint density at radius 1 is 0.686 bits per heavy atom. The van der Waals surface area contributed by atoms with Gasteiger partial charge in [-0.15, -0.1) is 0 Å². The van der Waals surface area contributed by atoms with Crippen LogP contribution in [0.5, 0.6) is 0 Å². The highest BCUT2D eigenvalue weighted by atomic mass is 32.4. The normalized spacial score (nSPS) is 15.2. The van der Waals surface area contributed by atoms with Crippen LogP contribution in [-0.2, 0) is 16.4 Å². The Hall–Kier alpha value is -2.90. The van der Waals surface area contributed by atoms with E-state index < -0.39 is 13.5 Å². The topological polar surface area (TPSA) is 23.6 Å². The van der Waals surface area contributed by atoms with Crippen LogP contribution in [-0.4, -0.2) is 19.3 Å². The third kappa shape index (κ3) is 4.43. The van der Waals surface area contributed by atoms with E-state index in [0.29, 0.717) is 6.16 Å². The molecule has 1 aliphatic rings. The summed E-state index contributed by atoms with van der Waals surface area (Å²) in [6.07, 6.45) is -2.19. The first-order valence-electron chi connectivity index (χ1n) is 11.7. The van der Waals surface area contributed by atoms with Crippen molar-refractivity contribution in [3.8, 4) is 0 Å². The maximum atomic E-state index is 14.9. The van der Waals surface area contributed by atoms with Gasteiger partial charge in [0, 0.05) is 46.5 Å². The smallest absolute Gasteiger partial charge is 0.149 e. The number of rotatable bonds is 7. The molecule has 35 heavy (non-hydrogen) atoms. The fourth-order valence-corrected chi connectivity index (χ4v) is 12.7. The molecule has 3 nitrogen and oxygen atoms in total. The van der Waals surface area contributed by atoms with E-state index in [4.69, 9.17) is 11.8 Å². The molecule has 1 fully saturated rings. The van der Waals surface area contributed by atoms with Crippen LogP contribution in [0.1, 0.15) is 0 Å². The Bertz CT molecular complexity index is 1300. The summed E-state index contributed by atoms with van der Waals surface area (Å²) in [5.41, 5.74) is 2.18. The highest BCUT2D eigenvalue weighted by Gasteiger charge is 2.43. The van der Waals surface area contributed by atoms with Gasteiger partial charge in [0.1, 0.15) is 13.5 Å². The maximum absolute atomic E-state index is 14.9. The van der Waals surface area contributed by atoms with Crippen LogP contribution in [0.4, 0.5) is 11.4 Å². The summed E-state index contributed by atoms with van der Waals surface area (Å²) < 4.78 is 19.5. The van der Waals surface area contributed by atoms with Crippen molar-refractivity contribution in [3.05, 3.63) is 133 Å². The lowest BCUT2D eigenvalue weighted by atomic mass is 10.3. The van der Waals surface area contributed by atoms with Crippen LogP contribution in [0.2, 0.25) is 0 Å². The van der Waals surface area contributed by atoms with Gasteiger partial charge >= 0.3 is 0 Å². The monoisotopic (exact) mass is 514 g/mol. The van der Waals surface area contributed by atoms with Crippen molar-refractivity contribution >= 4 is 47.3 Å². The van der Waals surface area contributed by atoms with Crippen LogP contribution < -0.4 is 19.9 Å². The predicted octanol–water partition coefficient (Wildman–Crippen LogP) is 6.85. The molecule has 1 heterocycles. The molecule has 6 heteroatoms. The van der Waals surface area contributed by atoms with Crippen molar-refractivity contribution in [2.45, 2.75) is 0 Å². The molecule has 0 bridgehead atoms. The molecule has 4 aromatic carbocycles. The van der Waals surface area contributed by atoms with Crippen molar-refractivity contribution in [1.82, 2.24) is 0 Å². The van der Waals surface area contributed by atoms with Gasteiger partial charge in [0.2, 0.25) is 0 Å². The molecule has 0 unspecified atom stereocenters. The number of anilines is 2. The Morgan fingerprint density at radius 3 is 1.40 bits per heavy atom. The summed E-state index contributed by atoms with van der Waals surface area (Å²) >= 11 is 6.61. The standard InChI is InChI=1S/C29H28N2OP2S/c1-25(24-33(32,28-18-10-4-11-19-28)29-20-12-5-13-21-29)34(35)30(26-14-6-2-7-15-26)22-23-31(34)27-16-8-3-9-17-27/h2-21H,1,22-24H2. The van der Waals surface area contributed by atoms with E-state index in [1.807, 2.05) is 97.1 Å². The summed E-state index contributed by atoms with van der Waals surface area (Å²) in [7, 11) is -3.00. The third-order valence-corrected chi connectivity index (χ3v) is 14.9. The van der Waals surface area contributed by atoms with Crippen molar-refractivity contribution < 1.29 is 4.57 Å². The van der Waals surface area contributed by atoms with Crippen molar-refractivity contribution in [1.29, 1.82) is 0 Å². The second-order valence-corrected chi connectivity index (χ2v) is 15.6. The third-order valence-electron chi connectivity index (χ3n) is 6.45. The lowest BCUT2D eigenvalue weighted by Gasteiger charge is -2.39. The van der Waals surface area contributed by atoms with Crippen molar-refractivity contribution in [2.75, 3.05) is 28.6 Å². The van der Waals surface area contributed by atoms with Crippen molar-refractivity contribution in [2.24, 2.45) is 0 Å². The molecule has 0 aromatic heterocycles. The molecule has 0 saturated carbocycles. The van der Waals surface area contributed by atoms with Crippen LogP contribution in [0.25, 0.3) is 0 Å². The van der Waals surface area contributed by atoms with E-state index >= 15 is 0 Å². The second-order valence-electron chi connectivity index (χ2n) is 8.60. The molecule has 176 valence electrons. The number of allylic oxidation sites excluding steroid dienone is 1. The Kier molecular flexibility index (Phi) is 6.80. The molecular formula is C29H28N2OP2S. The van der Waals surface area contributed by atoms with Gasteiger partial charge in [-0.25, -0.2) is 0 Å².